The Hall–Kier alpha value is -3.81. The second-order valence-corrected chi connectivity index (χ2v) is 8.18. The van der Waals surface area contributed by atoms with Crippen LogP contribution in [0.3, 0.4) is 0 Å². The predicted octanol–water partition coefficient (Wildman–Crippen LogP) is 3.88. The highest BCUT2D eigenvalue weighted by atomic mass is 16.6. The zero-order valence-electron chi connectivity index (χ0n) is 19.4. The summed E-state index contributed by atoms with van der Waals surface area (Å²) in [6, 6.07) is 14.6. The lowest BCUT2D eigenvalue weighted by Gasteiger charge is -2.19. The number of rotatable bonds is 9. The average Bonchev–Trinajstić information content (AvgIpc) is 2.76. The minimum Gasteiger partial charge on any atom is -0.496 e. The molecule has 0 aliphatic carbocycles. The predicted molar refractivity (Wildman–Crippen MR) is 128 cm³/mol. The molecule has 2 aromatic carbocycles. The van der Waals surface area contributed by atoms with E-state index in [1.807, 2.05) is 36.4 Å². The molecule has 2 rings (SSSR count). The molecule has 8 heteroatoms. The lowest BCUT2D eigenvalue weighted by Crippen LogP contribution is -2.34. The van der Waals surface area contributed by atoms with E-state index in [4.69, 9.17) is 9.47 Å². The van der Waals surface area contributed by atoms with Gasteiger partial charge in [0.2, 0.25) is 11.8 Å². The summed E-state index contributed by atoms with van der Waals surface area (Å²) in [5.74, 6) is 0.139. The van der Waals surface area contributed by atoms with E-state index < -0.39 is 11.7 Å². The Morgan fingerprint density at radius 3 is 2.39 bits per heavy atom. The van der Waals surface area contributed by atoms with E-state index >= 15 is 0 Å². The quantitative estimate of drug-likeness (QED) is 0.500. The highest BCUT2D eigenvalue weighted by molar-refractivity contribution is 5.93. The summed E-state index contributed by atoms with van der Waals surface area (Å²) in [5, 5.41) is 8.17. The van der Waals surface area contributed by atoms with Crippen LogP contribution in [0.5, 0.6) is 5.75 Å². The molecule has 0 fully saturated rings. The fraction of sp³-hybridized carbons (Fsp3) is 0.320. The van der Waals surface area contributed by atoms with Crippen molar-refractivity contribution in [1.82, 2.24) is 10.6 Å². The summed E-state index contributed by atoms with van der Waals surface area (Å²) in [5.41, 5.74) is 1.54. The van der Waals surface area contributed by atoms with E-state index in [0.29, 0.717) is 11.4 Å². The molecule has 0 heterocycles. The highest BCUT2D eigenvalue weighted by Gasteiger charge is 2.16. The molecule has 0 saturated carbocycles. The Kier molecular flexibility index (Phi) is 9.47. The minimum absolute atomic E-state index is 0.0849. The summed E-state index contributed by atoms with van der Waals surface area (Å²) in [4.78, 5) is 36.2. The third-order valence-corrected chi connectivity index (χ3v) is 4.32. The fourth-order valence-corrected chi connectivity index (χ4v) is 2.81. The van der Waals surface area contributed by atoms with Gasteiger partial charge in [-0.15, -0.1) is 0 Å². The van der Waals surface area contributed by atoms with Gasteiger partial charge in [-0.3, -0.25) is 9.59 Å². The number of hydrogen-bond acceptors (Lipinski definition) is 5. The number of hydrogen-bond donors (Lipinski definition) is 3. The van der Waals surface area contributed by atoms with Gasteiger partial charge in [-0.1, -0.05) is 36.4 Å². The normalized spacial score (nSPS) is 11.0. The van der Waals surface area contributed by atoms with Gasteiger partial charge in [0.25, 0.3) is 0 Å². The Morgan fingerprint density at radius 2 is 1.67 bits per heavy atom. The molecular weight excluding hydrogens is 422 g/mol. The number of methoxy groups -OCH3 is 1. The molecule has 3 amide bonds. The molecule has 0 bridgehead atoms. The second-order valence-electron chi connectivity index (χ2n) is 8.18. The number of amides is 3. The van der Waals surface area contributed by atoms with Crippen molar-refractivity contribution >= 4 is 29.7 Å². The van der Waals surface area contributed by atoms with Crippen molar-refractivity contribution in [3.05, 3.63) is 65.7 Å². The number of ether oxygens (including phenoxy) is 2. The summed E-state index contributed by atoms with van der Waals surface area (Å²) in [6.07, 6.45) is 2.63. The summed E-state index contributed by atoms with van der Waals surface area (Å²) < 4.78 is 10.4. The van der Waals surface area contributed by atoms with Crippen LogP contribution in [-0.4, -0.2) is 37.2 Å². The molecule has 0 saturated heterocycles. The van der Waals surface area contributed by atoms with Crippen LogP contribution >= 0.6 is 0 Å². The fourth-order valence-electron chi connectivity index (χ4n) is 2.81. The van der Waals surface area contributed by atoms with Gasteiger partial charge in [-0.25, -0.2) is 4.79 Å². The molecule has 8 nitrogen and oxygen atoms in total. The molecule has 0 atom stereocenters. The Morgan fingerprint density at radius 1 is 0.970 bits per heavy atom. The number of carbonyl (C=O) groups is 3. The monoisotopic (exact) mass is 453 g/mol. The number of para-hydroxylation sites is 2. The molecule has 0 aromatic heterocycles. The number of anilines is 1. The third-order valence-electron chi connectivity index (χ3n) is 4.32. The SMILES string of the molecule is COc1ccccc1/C=C/C(=O)NCc1ccccc1NC(=O)CCNC(=O)OC(C)(C)C. The molecule has 0 radical (unpaired) electrons. The van der Waals surface area contributed by atoms with Crippen molar-refractivity contribution in [1.29, 1.82) is 0 Å². The van der Waals surface area contributed by atoms with Crippen LogP contribution in [0.15, 0.2) is 54.6 Å². The van der Waals surface area contributed by atoms with Crippen LogP contribution < -0.4 is 20.7 Å². The van der Waals surface area contributed by atoms with Crippen molar-refractivity contribution in [2.24, 2.45) is 0 Å². The minimum atomic E-state index is -0.599. The lowest BCUT2D eigenvalue weighted by molar-refractivity contribution is -0.117. The van der Waals surface area contributed by atoms with Crippen molar-refractivity contribution in [2.45, 2.75) is 39.3 Å². The first-order valence-corrected chi connectivity index (χ1v) is 10.6. The van der Waals surface area contributed by atoms with E-state index in [1.54, 1.807) is 46.1 Å². The molecular formula is C25H31N3O5. The summed E-state index contributed by atoms with van der Waals surface area (Å²) in [7, 11) is 1.57. The molecule has 2 aromatic rings. The molecule has 33 heavy (non-hydrogen) atoms. The van der Waals surface area contributed by atoms with Crippen LogP contribution in [0.1, 0.15) is 38.3 Å². The molecule has 0 aliphatic heterocycles. The highest BCUT2D eigenvalue weighted by Crippen LogP contribution is 2.19. The van der Waals surface area contributed by atoms with Crippen LogP contribution in [0.4, 0.5) is 10.5 Å². The maximum atomic E-state index is 12.3. The van der Waals surface area contributed by atoms with Gasteiger partial charge >= 0.3 is 6.09 Å². The Bertz CT molecular complexity index is 996. The van der Waals surface area contributed by atoms with E-state index in [1.165, 1.54) is 6.08 Å². The lowest BCUT2D eigenvalue weighted by atomic mass is 10.1. The first-order chi connectivity index (χ1) is 15.7. The van der Waals surface area contributed by atoms with Gasteiger partial charge in [0, 0.05) is 36.8 Å². The zero-order valence-corrected chi connectivity index (χ0v) is 19.4. The van der Waals surface area contributed by atoms with E-state index in [2.05, 4.69) is 16.0 Å². The van der Waals surface area contributed by atoms with Crippen LogP contribution in [0.25, 0.3) is 6.08 Å². The molecule has 0 unspecified atom stereocenters. The number of alkyl carbamates (subject to hydrolysis) is 1. The van der Waals surface area contributed by atoms with Gasteiger partial charge in [0.15, 0.2) is 0 Å². The maximum Gasteiger partial charge on any atom is 0.407 e. The van der Waals surface area contributed by atoms with Gasteiger partial charge in [-0.05, 0) is 44.5 Å². The third kappa shape index (κ3) is 9.47. The smallest absolute Gasteiger partial charge is 0.407 e. The Balaban J connectivity index is 1.85. The first-order valence-electron chi connectivity index (χ1n) is 10.6. The van der Waals surface area contributed by atoms with Crippen molar-refractivity contribution in [3.63, 3.8) is 0 Å². The summed E-state index contributed by atoms with van der Waals surface area (Å²) >= 11 is 0. The first kappa shape index (κ1) is 25.5. The van der Waals surface area contributed by atoms with Crippen molar-refractivity contribution < 1.29 is 23.9 Å². The Labute approximate surface area is 194 Å². The van der Waals surface area contributed by atoms with Crippen LogP contribution in [0, 0.1) is 0 Å². The van der Waals surface area contributed by atoms with Crippen molar-refractivity contribution in [3.8, 4) is 5.75 Å². The largest absolute Gasteiger partial charge is 0.496 e. The number of benzene rings is 2. The topological polar surface area (TPSA) is 106 Å². The van der Waals surface area contributed by atoms with E-state index in [-0.39, 0.29) is 31.3 Å². The molecule has 0 spiro atoms. The van der Waals surface area contributed by atoms with Gasteiger partial charge in [0.05, 0.1) is 7.11 Å². The molecule has 0 aliphatic rings. The second kappa shape index (κ2) is 12.3. The van der Waals surface area contributed by atoms with Crippen molar-refractivity contribution in [2.75, 3.05) is 19.0 Å². The van der Waals surface area contributed by atoms with E-state index in [0.717, 1.165) is 11.1 Å². The summed E-state index contributed by atoms with van der Waals surface area (Å²) in [6.45, 7) is 5.69. The maximum absolute atomic E-state index is 12.3. The van der Waals surface area contributed by atoms with Gasteiger partial charge < -0.3 is 25.4 Å². The van der Waals surface area contributed by atoms with Crippen LogP contribution in [0.2, 0.25) is 0 Å². The standard InChI is InChI=1S/C25H31N3O5/c1-25(2,3)33-24(31)26-16-15-23(30)28-20-11-7-5-10-19(20)17-27-22(29)14-13-18-9-6-8-12-21(18)32-4/h5-14H,15-17H2,1-4H3,(H,26,31)(H,27,29)(H,28,30)/b14-13+. The number of carbonyl (C=O) groups excluding carboxylic acids is 3. The molecule has 176 valence electrons. The van der Waals surface area contributed by atoms with Gasteiger partial charge in [-0.2, -0.15) is 0 Å². The van der Waals surface area contributed by atoms with Gasteiger partial charge in [0.1, 0.15) is 11.4 Å². The number of nitrogens with one attached hydrogen (secondary N) is 3. The molecule has 3 N–H and O–H groups in total. The zero-order chi connectivity index (χ0) is 24.3. The van der Waals surface area contributed by atoms with Crippen LogP contribution in [-0.2, 0) is 20.9 Å². The van der Waals surface area contributed by atoms with E-state index in [9.17, 15) is 14.4 Å². The average molecular weight is 454 g/mol.